The lowest BCUT2D eigenvalue weighted by Crippen LogP contribution is -2.61. The van der Waals surface area contributed by atoms with Crippen molar-refractivity contribution in [2.24, 2.45) is 0 Å². The highest BCUT2D eigenvalue weighted by Gasteiger charge is 2.44. The Labute approximate surface area is 558 Å². The van der Waals surface area contributed by atoms with Crippen molar-refractivity contribution in [1.29, 1.82) is 0 Å². The van der Waals surface area contributed by atoms with Crippen LogP contribution in [0.4, 0.5) is 39.8 Å². The van der Waals surface area contributed by atoms with E-state index in [0.717, 1.165) is 145 Å². The Bertz CT molecular complexity index is 5360. The number of nitrogens with zero attached hydrogens (tertiary/aromatic N) is 6. The average Bonchev–Trinajstić information content (AvgIpc) is 0.827. The third-order valence-electron chi connectivity index (χ3n) is 19.1. The molecule has 446 valence electrons. The summed E-state index contributed by atoms with van der Waals surface area (Å²) < 4.78 is 2.31. The van der Waals surface area contributed by atoms with Gasteiger partial charge in [0.1, 0.15) is 0 Å². The monoisotopic (exact) mass is 1220 g/mol. The first-order chi connectivity index (χ1) is 47.5. The first-order valence-corrected chi connectivity index (χ1v) is 32.6. The Morgan fingerprint density at radius 3 is 1.16 bits per heavy atom. The summed E-state index contributed by atoms with van der Waals surface area (Å²) in [5.74, 6) is 0.568. The van der Waals surface area contributed by atoms with E-state index < -0.39 is 0 Å². The molecule has 2 aliphatic rings. The maximum absolute atomic E-state index is 8.40. The lowest BCUT2D eigenvalue weighted by Gasteiger charge is -2.44. The third kappa shape index (κ3) is 9.66. The first kappa shape index (κ1) is 55.9. The molecule has 6 nitrogen and oxygen atoms in total. The molecule has 18 rings (SSSR count). The maximum Gasteiger partial charge on any atom is 0.252 e. The van der Waals surface area contributed by atoms with Gasteiger partial charge in [-0.25, -0.2) is 14.8 Å². The van der Waals surface area contributed by atoms with Crippen LogP contribution in [0.2, 0.25) is 0 Å². The molecule has 0 saturated carbocycles. The van der Waals surface area contributed by atoms with Gasteiger partial charge >= 0.3 is 0 Å². The van der Waals surface area contributed by atoms with Gasteiger partial charge in [-0.05, 0) is 163 Å². The van der Waals surface area contributed by atoms with Gasteiger partial charge in [-0.2, -0.15) is 0 Å². The van der Waals surface area contributed by atoms with Gasteiger partial charge < -0.3 is 14.4 Å². The summed E-state index contributed by atoms with van der Waals surface area (Å²) in [5, 5.41) is 2.16. The Morgan fingerprint density at radius 1 is 0.281 bits per heavy atom. The highest BCUT2D eigenvalue weighted by molar-refractivity contribution is 7.00. The molecule has 0 amide bonds. The predicted molar refractivity (Wildman–Crippen MR) is 400 cm³/mol. The lowest BCUT2D eigenvalue weighted by atomic mass is 9.33. The van der Waals surface area contributed by atoms with Crippen molar-refractivity contribution in [2.45, 2.75) is 0 Å². The van der Waals surface area contributed by atoms with E-state index in [9.17, 15) is 0 Å². The Balaban J connectivity index is 0.900. The standard InChI is InChI=1S/C89H57BN6/c1-91-71-45-46-75(89-92-79(63-34-16-6-17-35-63)58-80(93-89)64-36-18-7-19-37-64)85(57-71)96-81-41-23-20-38-74(81)76-54-65(44-47-82(76)96)70-55-86-88-87(56-70)95(73-52-68(61-30-12-4-13-31-61)49-69(53-73)62-32-14-5-15-33-62)84-43-25-22-40-78(84)90(88)77-39-21-24-42-83(77)94(86)72-50-66(59-26-8-2-9-27-59)48-67(51-72)60-28-10-3-11-29-60/h2-58H. The molecular formula is C89H57BN6. The van der Waals surface area contributed by atoms with E-state index in [1.165, 1.54) is 16.4 Å². The minimum absolute atomic E-state index is 0.109. The molecular weight excluding hydrogens is 1160 g/mol. The van der Waals surface area contributed by atoms with Gasteiger partial charge in [0.05, 0.1) is 29.0 Å². The second-order valence-electron chi connectivity index (χ2n) is 24.7. The van der Waals surface area contributed by atoms with Crippen LogP contribution in [-0.2, 0) is 0 Å². The fourth-order valence-corrected chi connectivity index (χ4v) is 14.7. The second-order valence-corrected chi connectivity index (χ2v) is 24.7. The number of fused-ring (bicyclic) bond motifs is 7. The van der Waals surface area contributed by atoms with Crippen LogP contribution in [0.5, 0.6) is 0 Å². The number of anilines is 6. The second kappa shape index (κ2) is 23.3. The van der Waals surface area contributed by atoms with E-state index in [2.05, 4.69) is 310 Å². The van der Waals surface area contributed by atoms with Crippen molar-refractivity contribution in [2.75, 3.05) is 9.80 Å². The van der Waals surface area contributed by atoms with Crippen molar-refractivity contribution < 1.29 is 0 Å². The lowest BCUT2D eigenvalue weighted by molar-refractivity contribution is 1.14. The summed E-state index contributed by atoms with van der Waals surface area (Å²) in [6.45, 7) is 8.29. The van der Waals surface area contributed by atoms with E-state index >= 15 is 0 Å². The van der Waals surface area contributed by atoms with E-state index in [4.69, 9.17) is 16.5 Å². The van der Waals surface area contributed by atoms with Gasteiger partial charge in [0.15, 0.2) is 11.5 Å². The Kier molecular flexibility index (Phi) is 13.6. The quantitative estimate of drug-likeness (QED) is 0.0956. The number of benzene rings is 14. The first-order valence-electron chi connectivity index (χ1n) is 32.6. The van der Waals surface area contributed by atoms with Gasteiger partial charge in [0.2, 0.25) is 0 Å². The molecule has 7 heteroatoms. The smallest absolute Gasteiger partial charge is 0.252 e. The molecule has 0 N–H and O–H groups in total. The van der Waals surface area contributed by atoms with E-state index in [1.54, 1.807) is 0 Å². The van der Waals surface area contributed by atoms with Crippen LogP contribution in [0.3, 0.4) is 0 Å². The number of para-hydroxylation sites is 3. The molecule has 16 aromatic rings. The normalized spacial score (nSPS) is 12.1. The van der Waals surface area contributed by atoms with Gasteiger partial charge in [0, 0.05) is 67.3 Å². The number of aromatic nitrogens is 3. The molecule has 0 aliphatic carbocycles. The van der Waals surface area contributed by atoms with Gasteiger partial charge in [-0.15, -0.1) is 0 Å². The fraction of sp³-hybridized carbons (Fsp3) is 0. The third-order valence-corrected chi connectivity index (χ3v) is 19.1. The fourth-order valence-electron chi connectivity index (χ4n) is 14.7. The van der Waals surface area contributed by atoms with Gasteiger partial charge in [0.25, 0.3) is 6.71 Å². The van der Waals surface area contributed by atoms with Crippen LogP contribution >= 0.6 is 0 Å². The molecule has 0 unspecified atom stereocenters. The molecule has 0 fully saturated rings. The molecule has 4 heterocycles. The van der Waals surface area contributed by atoms with Crippen molar-refractivity contribution in [3.8, 4) is 95.2 Å². The zero-order valence-electron chi connectivity index (χ0n) is 52.2. The minimum Gasteiger partial charge on any atom is -0.311 e. The highest BCUT2D eigenvalue weighted by Crippen LogP contribution is 2.50. The molecule has 2 aromatic heterocycles. The topological polar surface area (TPSA) is 41.6 Å². The molecule has 0 radical (unpaired) electrons. The van der Waals surface area contributed by atoms with Crippen molar-refractivity contribution >= 4 is 84.7 Å². The molecule has 14 aromatic carbocycles. The van der Waals surface area contributed by atoms with Crippen LogP contribution in [0, 0.1) is 6.57 Å². The zero-order chi connectivity index (χ0) is 63.6. The number of hydrogen-bond acceptors (Lipinski definition) is 4. The van der Waals surface area contributed by atoms with Crippen LogP contribution in [0.15, 0.2) is 346 Å². The maximum atomic E-state index is 8.40. The average molecular weight is 1220 g/mol. The summed E-state index contributed by atoms with van der Waals surface area (Å²) in [5.41, 5.74) is 29.3. The minimum atomic E-state index is -0.109. The van der Waals surface area contributed by atoms with Crippen LogP contribution in [-0.4, -0.2) is 21.2 Å². The molecule has 0 bridgehead atoms. The number of rotatable bonds is 11. The predicted octanol–water partition coefficient (Wildman–Crippen LogP) is 21.5. The van der Waals surface area contributed by atoms with Gasteiger partial charge in [-0.3, -0.25) is 0 Å². The summed E-state index contributed by atoms with van der Waals surface area (Å²) >= 11 is 0. The summed E-state index contributed by atoms with van der Waals surface area (Å²) in [4.78, 5) is 19.8. The van der Waals surface area contributed by atoms with Gasteiger partial charge in [-0.1, -0.05) is 255 Å². The van der Waals surface area contributed by atoms with E-state index in [-0.39, 0.29) is 6.71 Å². The molecule has 0 atom stereocenters. The van der Waals surface area contributed by atoms with Crippen LogP contribution in [0.25, 0.3) is 122 Å². The zero-order valence-corrected chi connectivity index (χ0v) is 52.2. The summed E-state index contributed by atoms with van der Waals surface area (Å²) in [7, 11) is 0. The summed E-state index contributed by atoms with van der Waals surface area (Å²) in [6.07, 6.45) is 0. The SMILES string of the molecule is [C-]#[N+]c1ccc(-c2nc(-c3ccccc3)cc(-c3ccccc3)n2)c(-n2c3ccccc3c3cc(-c4cc5c6c(c4)N(c4cc(-c7ccccc7)cc(-c7ccccc7)c4)c4ccccc4B6c4ccccc4N5c4cc(-c5ccccc5)cc(-c5ccccc5)c4)ccc32)c1. The van der Waals surface area contributed by atoms with E-state index in [0.29, 0.717) is 11.5 Å². The van der Waals surface area contributed by atoms with Crippen LogP contribution < -0.4 is 26.2 Å². The van der Waals surface area contributed by atoms with Crippen molar-refractivity contribution in [3.63, 3.8) is 0 Å². The molecule has 96 heavy (non-hydrogen) atoms. The van der Waals surface area contributed by atoms with Crippen molar-refractivity contribution in [3.05, 3.63) is 357 Å². The van der Waals surface area contributed by atoms with Crippen LogP contribution in [0.1, 0.15) is 0 Å². The Morgan fingerprint density at radius 2 is 0.688 bits per heavy atom. The summed E-state index contributed by atoms with van der Waals surface area (Å²) in [6, 6.07) is 125. The molecule has 2 aliphatic heterocycles. The molecule has 0 spiro atoms. The largest absolute Gasteiger partial charge is 0.311 e. The van der Waals surface area contributed by atoms with E-state index in [1.807, 2.05) is 54.6 Å². The highest BCUT2D eigenvalue weighted by atomic mass is 15.2. The Hall–Kier alpha value is -12.9. The number of hydrogen-bond donors (Lipinski definition) is 0. The molecule has 0 saturated heterocycles. The van der Waals surface area contributed by atoms with Crippen molar-refractivity contribution in [1.82, 2.24) is 14.5 Å².